The van der Waals surface area contributed by atoms with Gasteiger partial charge in [0.2, 0.25) is 0 Å². The fraction of sp³-hybridized carbons (Fsp3) is 0.333. The van der Waals surface area contributed by atoms with Gasteiger partial charge in [-0.05, 0) is 35.1 Å². The lowest BCUT2D eigenvalue weighted by Gasteiger charge is -2.09. The highest BCUT2D eigenvalue weighted by Gasteiger charge is 2.09. The van der Waals surface area contributed by atoms with Gasteiger partial charge < -0.3 is 10.1 Å². The van der Waals surface area contributed by atoms with E-state index >= 15 is 0 Å². The molecule has 0 saturated heterocycles. The molecular formula is C18H21NO3S2. The van der Waals surface area contributed by atoms with E-state index in [2.05, 4.69) is 19.2 Å². The van der Waals surface area contributed by atoms with E-state index in [1.165, 1.54) is 22.2 Å². The Morgan fingerprint density at radius 2 is 1.96 bits per heavy atom. The summed E-state index contributed by atoms with van der Waals surface area (Å²) in [5.41, 5.74) is 1.91. The van der Waals surface area contributed by atoms with Crippen molar-refractivity contribution in [3.63, 3.8) is 0 Å². The molecule has 1 aromatic heterocycles. The lowest BCUT2D eigenvalue weighted by Crippen LogP contribution is -2.21. The van der Waals surface area contributed by atoms with E-state index in [1.54, 1.807) is 11.3 Å². The van der Waals surface area contributed by atoms with E-state index in [0.29, 0.717) is 11.6 Å². The van der Waals surface area contributed by atoms with Gasteiger partial charge in [0.1, 0.15) is 0 Å². The molecule has 0 aliphatic carbocycles. The molecule has 128 valence electrons. The van der Waals surface area contributed by atoms with Crippen molar-refractivity contribution < 1.29 is 14.3 Å². The molecule has 1 aromatic carbocycles. The van der Waals surface area contributed by atoms with Crippen molar-refractivity contribution in [3.05, 3.63) is 52.2 Å². The number of hydrogen-bond donors (Lipinski definition) is 1. The molecule has 0 aliphatic rings. The SMILES string of the molecule is CC(C)c1ccc(NC(=O)COC(=O)CSCc2cccs2)cc1. The molecule has 24 heavy (non-hydrogen) atoms. The predicted octanol–water partition coefficient (Wildman–Crippen LogP) is 4.29. The minimum Gasteiger partial charge on any atom is -0.455 e. The molecule has 1 N–H and O–H groups in total. The van der Waals surface area contributed by atoms with Crippen molar-refractivity contribution in [2.45, 2.75) is 25.5 Å². The summed E-state index contributed by atoms with van der Waals surface area (Å²) in [6.45, 7) is 3.97. The van der Waals surface area contributed by atoms with Crippen molar-refractivity contribution in [3.8, 4) is 0 Å². The minimum atomic E-state index is -0.373. The van der Waals surface area contributed by atoms with Crippen LogP contribution in [0.1, 0.15) is 30.2 Å². The molecule has 6 heteroatoms. The number of rotatable bonds is 8. The van der Waals surface area contributed by atoms with Gasteiger partial charge in [0.25, 0.3) is 5.91 Å². The van der Waals surface area contributed by atoms with Crippen LogP contribution in [0.25, 0.3) is 0 Å². The zero-order chi connectivity index (χ0) is 17.4. The van der Waals surface area contributed by atoms with Gasteiger partial charge in [-0.25, -0.2) is 0 Å². The summed E-state index contributed by atoms with van der Waals surface area (Å²) in [7, 11) is 0. The fourth-order valence-electron chi connectivity index (χ4n) is 1.97. The summed E-state index contributed by atoms with van der Waals surface area (Å²) in [6.07, 6.45) is 0. The molecular weight excluding hydrogens is 342 g/mol. The van der Waals surface area contributed by atoms with E-state index in [4.69, 9.17) is 4.74 Å². The van der Waals surface area contributed by atoms with Crippen molar-refractivity contribution in [1.29, 1.82) is 0 Å². The molecule has 2 rings (SSSR count). The average molecular weight is 364 g/mol. The Morgan fingerprint density at radius 3 is 2.58 bits per heavy atom. The average Bonchev–Trinajstić information content (AvgIpc) is 3.07. The van der Waals surface area contributed by atoms with Crippen LogP contribution in [0, 0.1) is 0 Å². The van der Waals surface area contributed by atoms with E-state index in [9.17, 15) is 9.59 Å². The third kappa shape index (κ3) is 6.37. The predicted molar refractivity (Wildman–Crippen MR) is 101 cm³/mol. The van der Waals surface area contributed by atoms with Crippen molar-refractivity contribution >= 4 is 40.7 Å². The third-order valence-corrected chi connectivity index (χ3v) is 5.28. The number of thioether (sulfide) groups is 1. The number of thiophene rings is 1. The minimum absolute atomic E-state index is 0.244. The Morgan fingerprint density at radius 1 is 1.21 bits per heavy atom. The molecule has 0 fully saturated rings. The number of carbonyl (C=O) groups excluding carboxylic acids is 2. The lowest BCUT2D eigenvalue weighted by atomic mass is 10.0. The number of nitrogens with one attached hydrogen (secondary N) is 1. The number of benzene rings is 1. The molecule has 0 atom stereocenters. The molecule has 0 bridgehead atoms. The molecule has 1 amide bonds. The van der Waals surface area contributed by atoms with Crippen LogP contribution in [0.4, 0.5) is 5.69 Å². The highest BCUT2D eigenvalue weighted by Crippen LogP contribution is 2.18. The first kappa shape index (κ1) is 18.5. The van der Waals surface area contributed by atoms with Crippen LogP contribution in [0.15, 0.2) is 41.8 Å². The van der Waals surface area contributed by atoms with E-state index in [1.807, 2.05) is 41.8 Å². The Kier molecular flexibility index (Phi) is 7.34. The lowest BCUT2D eigenvalue weighted by molar-refractivity contribution is -0.144. The van der Waals surface area contributed by atoms with Gasteiger partial charge in [-0.15, -0.1) is 23.1 Å². The van der Waals surface area contributed by atoms with Crippen LogP contribution >= 0.6 is 23.1 Å². The number of hydrogen-bond acceptors (Lipinski definition) is 5. The first-order valence-corrected chi connectivity index (χ1v) is 9.73. The second-order valence-corrected chi connectivity index (χ2v) is 7.58. The molecule has 2 aromatic rings. The number of anilines is 1. The first-order chi connectivity index (χ1) is 11.5. The maximum Gasteiger partial charge on any atom is 0.316 e. The van der Waals surface area contributed by atoms with Gasteiger partial charge in [0, 0.05) is 16.3 Å². The largest absolute Gasteiger partial charge is 0.455 e. The quantitative estimate of drug-likeness (QED) is 0.711. The van der Waals surface area contributed by atoms with Crippen LogP contribution in [-0.2, 0) is 20.1 Å². The molecule has 0 saturated carbocycles. The summed E-state index contributed by atoms with van der Waals surface area (Å²) >= 11 is 3.14. The number of carbonyl (C=O) groups is 2. The number of esters is 1. The van der Waals surface area contributed by atoms with Gasteiger partial charge in [-0.1, -0.05) is 32.0 Å². The summed E-state index contributed by atoms with van der Waals surface area (Å²) in [5.74, 6) is 0.767. The number of amides is 1. The van der Waals surface area contributed by atoms with Crippen LogP contribution in [0.3, 0.4) is 0 Å². The maximum absolute atomic E-state index is 11.8. The van der Waals surface area contributed by atoms with E-state index < -0.39 is 0 Å². The molecule has 1 heterocycles. The molecule has 0 spiro atoms. The summed E-state index contributed by atoms with van der Waals surface area (Å²) in [6, 6.07) is 11.7. The Balaban J connectivity index is 1.65. The van der Waals surface area contributed by atoms with E-state index in [-0.39, 0.29) is 24.2 Å². The Labute approximate surface area is 150 Å². The van der Waals surface area contributed by atoms with Gasteiger partial charge in [-0.2, -0.15) is 0 Å². The summed E-state index contributed by atoms with van der Waals surface area (Å²) < 4.78 is 4.99. The summed E-state index contributed by atoms with van der Waals surface area (Å²) in [5, 5.41) is 4.73. The van der Waals surface area contributed by atoms with Crippen LogP contribution in [-0.4, -0.2) is 24.2 Å². The monoisotopic (exact) mass is 363 g/mol. The van der Waals surface area contributed by atoms with Crippen molar-refractivity contribution in [2.24, 2.45) is 0 Å². The molecule has 4 nitrogen and oxygen atoms in total. The Hall–Kier alpha value is -1.79. The molecule has 0 radical (unpaired) electrons. The Bertz CT molecular complexity index is 651. The standard InChI is InChI=1S/C18H21NO3S2/c1-13(2)14-5-7-15(8-6-14)19-17(20)10-22-18(21)12-23-11-16-4-3-9-24-16/h3-9,13H,10-12H2,1-2H3,(H,19,20). The zero-order valence-corrected chi connectivity index (χ0v) is 15.4. The third-order valence-electron chi connectivity index (χ3n) is 3.27. The van der Waals surface area contributed by atoms with Gasteiger partial charge >= 0.3 is 5.97 Å². The van der Waals surface area contributed by atoms with Gasteiger partial charge in [0.05, 0.1) is 5.75 Å². The molecule has 0 unspecified atom stereocenters. The normalized spacial score (nSPS) is 10.6. The van der Waals surface area contributed by atoms with Crippen LogP contribution in [0.2, 0.25) is 0 Å². The van der Waals surface area contributed by atoms with Crippen LogP contribution in [0.5, 0.6) is 0 Å². The summed E-state index contributed by atoms with van der Waals surface area (Å²) in [4.78, 5) is 24.6. The highest BCUT2D eigenvalue weighted by molar-refractivity contribution is 7.99. The topological polar surface area (TPSA) is 55.4 Å². The second kappa shape index (κ2) is 9.49. The van der Waals surface area contributed by atoms with Gasteiger partial charge in [-0.3, -0.25) is 9.59 Å². The number of ether oxygens (including phenoxy) is 1. The second-order valence-electron chi connectivity index (χ2n) is 5.56. The smallest absolute Gasteiger partial charge is 0.316 e. The van der Waals surface area contributed by atoms with Crippen molar-refractivity contribution in [1.82, 2.24) is 0 Å². The van der Waals surface area contributed by atoms with E-state index in [0.717, 1.165) is 5.75 Å². The van der Waals surface area contributed by atoms with Gasteiger partial charge in [0.15, 0.2) is 6.61 Å². The maximum atomic E-state index is 11.8. The zero-order valence-electron chi connectivity index (χ0n) is 13.8. The van der Waals surface area contributed by atoms with Crippen molar-refractivity contribution in [2.75, 3.05) is 17.7 Å². The highest BCUT2D eigenvalue weighted by atomic mass is 32.2. The first-order valence-electron chi connectivity index (χ1n) is 7.70. The fourth-order valence-corrected chi connectivity index (χ4v) is 3.63. The molecule has 0 aliphatic heterocycles. The van der Waals surface area contributed by atoms with Crippen LogP contribution < -0.4 is 5.32 Å².